The van der Waals surface area contributed by atoms with E-state index in [1.165, 1.54) is 6.07 Å². The fourth-order valence-electron chi connectivity index (χ4n) is 1.40. The van der Waals surface area contributed by atoms with E-state index in [-0.39, 0.29) is 5.75 Å². The molecule has 0 saturated carbocycles. The maximum atomic E-state index is 13.5. The van der Waals surface area contributed by atoms with Crippen molar-refractivity contribution in [3.63, 3.8) is 0 Å². The monoisotopic (exact) mass is 251 g/mol. The van der Waals surface area contributed by atoms with Gasteiger partial charge in [-0.2, -0.15) is 0 Å². The number of hydrogen-bond donors (Lipinski definition) is 0. The van der Waals surface area contributed by atoms with E-state index in [4.69, 9.17) is 16.3 Å². The van der Waals surface area contributed by atoms with Gasteiger partial charge in [0, 0.05) is 17.8 Å². The highest BCUT2D eigenvalue weighted by atomic mass is 35.5. The molecule has 1 heterocycles. The van der Waals surface area contributed by atoms with Gasteiger partial charge in [0.1, 0.15) is 10.9 Å². The number of aryl methyl sites for hydroxylation is 2. The Morgan fingerprint density at radius 3 is 2.71 bits per heavy atom. The number of nitrogens with zero attached hydrogens (tertiary/aromatic N) is 1. The second kappa shape index (κ2) is 4.72. The average molecular weight is 252 g/mol. The van der Waals surface area contributed by atoms with Gasteiger partial charge in [0.2, 0.25) is 0 Å². The first-order valence-corrected chi connectivity index (χ1v) is 5.50. The van der Waals surface area contributed by atoms with Gasteiger partial charge in [-0.1, -0.05) is 17.7 Å². The smallest absolute Gasteiger partial charge is 0.165 e. The minimum absolute atomic E-state index is 0.190. The number of ether oxygens (including phenoxy) is 1. The highest BCUT2D eigenvalue weighted by Crippen LogP contribution is 2.28. The summed E-state index contributed by atoms with van der Waals surface area (Å²) >= 11 is 5.77. The summed E-state index contributed by atoms with van der Waals surface area (Å²) < 4.78 is 19.0. The molecule has 0 amide bonds. The minimum atomic E-state index is -0.400. The van der Waals surface area contributed by atoms with Crippen molar-refractivity contribution in [3.05, 3.63) is 52.6 Å². The third kappa shape index (κ3) is 2.74. The zero-order valence-corrected chi connectivity index (χ0v) is 10.3. The first-order chi connectivity index (χ1) is 8.06. The van der Waals surface area contributed by atoms with Crippen LogP contribution in [0.25, 0.3) is 0 Å². The summed E-state index contributed by atoms with van der Waals surface area (Å²) in [5.41, 5.74) is 1.73. The van der Waals surface area contributed by atoms with Crippen LogP contribution in [-0.4, -0.2) is 4.98 Å². The minimum Gasteiger partial charge on any atom is -0.454 e. The van der Waals surface area contributed by atoms with Crippen LogP contribution in [0, 0.1) is 19.7 Å². The molecule has 17 heavy (non-hydrogen) atoms. The van der Waals surface area contributed by atoms with Crippen molar-refractivity contribution in [1.29, 1.82) is 0 Å². The van der Waals surface area contributed by atoms with E-state index >= 15 is 0 Å². The van der Waals surface area contributed by atoms with Gasteiger partial charge in [-0.15, -0.1) is 0 Å². The Morgan fingerprint density at radius 1 is 1.18 bits per heavy atom. The van der Waals surface area contributed by atoms with Crippen LogP contribution in [-0.2, 0) is 0 Å². The van der Waals surface area contributed by atoms with E-state index < -0.39 is 5.82 Å². The Hall–Kier alpha value is -1.61. The predicted octanol–water partition coefficient (Wildman–Crippen LogP) is 4.28. The van der Waals surface area contributed by atoms with Gasteiger partial charge in [-0.25, -0.2) is 9.37 Å². The lowest BCUT2D eigenvalue weighted by Crippen LogP contribution is -1.92. The standard InChI is InChI=1S/C13H11ClFNO/c1-8-3-4-10(15)12(5-8)17-11-6-13(14)16-7-9(11)2/h3-7H,1-2H3. The number of halogens is 2. The lowest BCUT2D eigenvalue weighted by molar-refractivity contribution is 0.438. The maximum absolute atomic E-state index is 13.5. The molecule has 1 aromatic carbocycles. The Balaban J connectivity index is 2.37. The Labute approximate surface area is 104 Å². The normalized spacial score (nSPS) is 10.4. The van der Waals surface area contributed by atoms with Crippen LogP contribution >= 0.6 is 11.6 Å². The quantitative estimate of drug-likeness (QED) is 0.743. The van der Waals surface area contributed by atoms with Crippen molar-refractivity contribution in [3.8, 4) is 11.5 Å². The molecule has 0 bridgehead atoms. The van der Waals surface area contributed by atoms with Gasteiger partial charge in [0.25, 0.3) is 0 Å². The Kier molecular flexibility index (Phi) is 3.29. The van der Waals surface area contributed by atoms with Crippen molar-refractivity contribution in [2.45, 2.75) is 13.8 Å². The Morgan fingerprint density at radius 2 is 1.94 bits per heavy atom. The third-order valence-corrected chi connectivity index (χ3v) is 2.53. The second-order valence-corrected chi connectivity index (χ2v) is 4.20. The maximum Gasteiger partial charge on any atom is 0.165 e. The van der Waals surface area contributed by atoms with Crippen LogP contribution < -0.4 is 4.74 Å². The average Bonchev–Trinajstić information content (AvgIpc) is 2.28. The molecule has 2 aromatic rings. The van der Waals surface area contributed by atoms with Gasteiger partial charge in [0.05, 0.1) is 0 Å². The van der Waals surface area contributed by atoms with Crippen molar-refractivity contribution in [1.82, 2.24) is 4.98 Å². The molecule has 2 rings (SSSR count). The molecule has 0 aliphatic rings. The summed E-state index contributed by atoms with van der Waals surface area (Å²) in [7, 11) is 0. The van der Waals surface area contributed by atoms with Crippen LogP contribution in [0.5, 0.6) is 11.5 Å². The number of aromatic nitrogens is 1. The van der Waals surface area contributed by atoms with Crippen LogP contribution in [0.15, 0.2) is 30.5 Å². The summed E-state index contributed by atoms with van der Waals surface area (Å²) in [5.74, 6) is 0.299. The molecule has 2 nitrogen and oxygen atoms in total. The summed E-state index contributed by atoms with van der Waals surface area (Å²) in [4.78, 5) is 3.91. The first kappa shape index (κ1) is 11.9. The third-order valence-electron chi connectivity index (χ3n) is 2.33. The molecule has 0 spiro atoms. The topological polar surface area (TPSA) is 22.1 Å². The lowest BCUT2D eigenvalue weighted by Gasteiger charge is -2.09. The molecule has 0 atom stereocenters. The molecule has 4 heteroatoms. The molecule has 0 aliphatic carbocycles. The fourth-order valence-corrected chi connectivity index (χ4v) is 1.55. The van der Waals surface area contributed by atoms with Gasteiger partial charge in [-0.3, -0.25) is 0 Å². The molecular formula is C13H11ClFNO. The molecule has 0 radical (unpaired) electrons. The fraction of sp³-hybridized carbons (Fsp3) is 0.154. The first-order valence-electron chi connectivity index (χ1n) is 5.12. The van der Waals surface area contributed by atoms with E-state index in [0.29, 0.717) is 10.9 Å². The SMILES string of the molecule is Cc1ccc(F)c(Oc2cc(Cl)ncc2C)c1. The number of rotatable bonds is 2. The van der Waals surface area contributed by atoms with E-state index in [1.807, 2.05) is 13.8 Å². The molecule has 0 saturated heterocycles. The summed E-state index contributed by atoms with van der Waals surface area (Å²) in [6.07, 6.45) is 1.59. The zero-order valence-electron chi connectivity index (χ0n) is 9.50. The van der Waals surface area contributed by atoms with Gasteiger partial charge in [0.15, 0.2) is 11.6 Å². The number of benzene rings is 1. The van der Waals surface area contributed by atoms with Crippen LogP contribution in [0.2, 0.25) is 5.15 Å². The van der Waals surface area contributed by atoms with Crippen molar-refractivity contribution < 1.29 is 9.13 Å². The molecule has 1 aromatic heterocycles. The highest BCUT2D eigenvalue weighted by molar-refractivity contribution is 6.29. The van der Waals surface area contributed by atoms with Crippen LogP contribution in [0.4, 0.5) is 4.39 Å². The molecule has 88 valence electrons. The van der Waals surface area contributed by atoms with Gasteiger partial charge < -0.3 is 4.74 Å². The summed E-state index contributed by atoms with van der Waals surface area (Å²) in [6.45, 7) is 3.70. The lowest BCUT2D eigenvalue weighted by atomic mass is 10.2. The number of hydrogen-bond acceptors (Lipinski definition) is 2. The Bertz CT molecular complexity index is 508. The van der Waals surface area contributed by atoms with E-state index in [1.54, 1.807) is 24.4 Å². The van der Waals surface area contributed by atoms with Crippen LogP contribution in [0.3, 0.4) is 0 Å². The largest absolute Gasteiger partial charge is 0.454 e. The van der Waals surface area contributed by atoms with Crippen molar-refractivity contribution in [2.24, 2.45) is 0 Å². The summed E-state index contributed by atoms with van der Waals surface area (Å²) in [6, 6.07) is 6.28. The van der Waals surface area contributed by atoms with Gasteiger partial charge >= 0.3 is 0 Å². The van der Waals surface area contributed by atoms with E-state index in [9.17, 15) is 4.39 Å². The highest BCUT2D eigenvalue weighted by Gasteiger charge is 2.08. The summed E-state index contributed by atoms with van der Waals surface area (Å²) in [5, 5.41) is 0.318. The number of pyridine rings is 1. The molecule has 0 aliphatic heterocycles. The molecule has 0 unspecified atom stereocenters. The second-order valence-electron chi connectivity index (χ2n) is 3.81. The van der Waals surface area contributed by atoms with E-state index in [0.717, 1.165) is 11.1 Å². The van der Waals surface area contributed by atoms with Crippen LogP contribution in [0.1, 0.15) is 11.1 Å². The molecule has 0 fully saturated rings. The van der Waals surface area contributed by atoms with Crippen molar-refractivity contribution in [2.75, 3.05) is 0 Å². The van der Waals surface area contributed by atoms with Crippen molar-refractivity contribution >= 4 is 11.6 Å². The molecular weight excluding hydrogens is 241 g/mol. The van der Waals surface area contributed by atoms with E-state index in [2.05, 4.69) is 4.98 Å². The zero-order chi connectivity index (χ0) is 12.4. The molecule has 0 N–H and O–H groups in total. The van der Waals surface area contributed by atoms with Gasteiger partial charge in [-0.05, 0) is 31.5 Å². The predicted molar refractivity (Wildman–Crippen MR) is 65.2 cm³/mol.